The van der Waals surface area contributed by atoms with E-state index in [1.807, 2.05) is 13.8 Å². The van der Waals surface area contributed by atoms with Crippen molar-refractivity contribution in [1.82, 2.24) is 10.2 Å². The summed E-state index contributed by atoms with van der Waals surface area (Å²) in [4.78, 5) is 24.8. The normalized spacial score (nSPS) is 20.6. The zero-order chi connectivity index (χ0) is 14.4. The van der Waals surface area contributed by atoms with Crippen LogP contribution >= 0.6 is 0 Å². The molecule has 1 aliphatic rings. The van der Waals surface area contributed by atoms with Crippen LogP contribution in [0.5, 0.6) is 0 Å². The molecule has 1 heterocycles. The first-order valence-electron chi connectivity index (χ1n) is 6.71. The van der Waals surface area contributed by atoms with Gasteiger partial charge in [0.2, 0.25) is 0 Å². The molecule has 19 heavy (non-hydrogen) atoms. The van der Waals surface area contributed by atoms with Gasteiger partial charge in [0.05, 0.1) is 6.61 Å². The average Bonchev–Trinajstić information content (AvgIpc) is 2.76. The van der Waals surface area contributed by atoms with E-state index < -0.39 is 12.0 Å². The van der Waals surface area contributed by atoms with E-state index in [9.17, 15) is 9.59 Å². The van der Waals surface area contributed by atoms with Crippen LogP contribution in [0.3, 0.4) is 0 Å². The summed E-state index contributed by atoms with van der Waals surface area (Å²) in [5.74, 6) is -0.403. The zero-order valence-corrected chi connectivity index (χ0v) is 11.9. The number of carbonyl (C=O) groups is 2. The second kappa shape index (κ2) is 7.33. The number of nitrogens with zero attached hydrogens (tertiary/aromatic N) is 1. The van der Waals surface area contributed by atoms with Gasteiger partial charge in [0.15, 0.2) is 0 Å². The summed E-state index contributed by atoms with van der Waals surface area (Å²) >= 11 is 0. The van der Waals surface area contributed by atoms with E-state index in [1.165, 1.54) is 0 Å². The van der Waals surface area contributed by atoms with Crippen LogP contribution in [-0.2, 0) is 9.53 Å². The lowest BCUT2D eigenvalue weighted by Crippen LogP contribution is -2.47. The molecule has 1 aliphatic heterocycles. The van der Waals surface area contributed by atoms with Gasteiger partial charge in [-0.2, -0.15) is 0 Å². The molecule has 0 spiro atoms. The Hall–Kier alpha value is -1.30. The minimum absolute atomic E-state index is 0.223. The number of likely N-dealkylation sites (tertiary alicyclic amines) is 1. The third kappa shape index (κ3) is 5.06. The maximum Gasteiger partial charge on any atom is 0.326 e. The van der Waals surface area contributed by atoms with Crippen LogP contribution in [0.25, 0.3) is 0 Å². The van der Waals surface area contributed by atoms with E-state index in [-0.39, 0.29) is 11.9 Å². The topological polar surface area (TPSA) is 78.9 Å². The Morgan fingerprint density at radius 2 is 2.16 bits per heavy atom. The van der Waals surface area contributed by atoms with Gasteiger partial charge in [-0.1, -0.05) is 13.8 Å². The van der Waals surface area contributed by atoms with Gasteiger partial charge >= 0.3 is 12.0 Å². The van der Waals surface area contributed by atoms with Gasteiger partial charge in [-0.05, 0) is 18.8 Å². The number of amides is 2. The third-order valence-electron chi connectivity index (χ3n) is 3.28. The maximum atomic E-state index is 12.0. The van der Waals surface area contributed by atoms with Crippen molar-refractivity contribution in [1.29, 1.82) is 0 Å². The minimum Gasteiger partial charge on any atom is -0.480 e. The van der Waals surface area contributed by atoms with Gasteiger partial charge in [0.1, 0.15) is 6.04 Å². The molecule has 1 unspecified atom stereocenters. The Bertz CT molecular complexity index is 320. The van der Waals surface area contributed by atoms with Crippen molar-refractivity contribution in [2.75, 3.05) is 26.8 Å². The number of carbonyl (C=O) groups excluding carboxylic acids is 1. The quantitative estimate of drug-likeness (QED) is 0.760. The Balaban J connectivity index is 2.47. The predicted molar refractivity (Wildman–Crippen MR) is 71.0 cm³/mol. The van der Waals surface area contributed by atoms with Crippen molar-refractivity contribution >= 4 is 12.0 Å². The van der Waals surface area contributed by atoms with Gasteiger partial charge in [-0.25, -0.2) is 9.59 Å². The van der Waals surface area contributed by atoms with Crippen molar-refractivity contribution in [2.45, 2.75) is 32.7 Å². The molecule has 0 aromatic heterocycles. The predicted octanol–water partition coefficient (Wildman–Crippen LogP) is 1.16. The first-order chi connectivity index (χ1) is 8.93. The minimum atomic E-state index is -0.977. The van der Waals surface area contributed by atoms with Crippen molar-refractivity contribution in [2.24, 2.45) is 11.8 Å². The average molecular weight is 272 g/mol. The molecule has 0 saturated carbocycles. The Kier molecular flexibility index (Phi) is 6.08. The highest BCUT2D eigenvalue weighted by atomic mass is 16.5. The van der Waals surface area contributed by atoms with Crippen molar-refractivity contribution in [3.05, 3.63) is 0 Å². The van der Waals surface area contributed by atoms with E-state index in [0.29, 0.717) is 32.0 Å². The van der Waals surface area contributed by atoms with Gasteiger partial charge in [-0.15, -0.1) is 0 Å². The number of rotatable bonds is 6. The smallest absolute Gasteiger partial charge is 0.326 e. The molecule has 2 atom stereocenters. The van der Waals surface area contributed by atoms with Crippen molar-refractivity contribution in [3.8, 4) is 0 Å². The summed E-state index contributed by atoms with van der Waals surface area (Å²) in [7, 11) is 1.64. The van der Waals surface area contributed by atoms with Crippen LogP contribution < -0.4 is 5.32 Å². The van der Waals surface area contributed by atoms with Gasteiger partial charge < -0.3 is 20.1 Å². The fraction of sp³-hybridized carbons (Fsp3) is 0.846. The van der Waals surface area contributed by atoms with E-state index in [0.717, 1.165) is 6.42 Å². The fourth-order valence-corrected chi connectivity index (χ4v) is 2.32. The highest BCUT2D eigenvalue weighted by molar-refractivity contribution is 5.82. The Morgan fingerprint density at radius 3 is 2.68 bits per heavy atom. The van der Waals surface area contributed by atoms with Crippen molar-refractivity contribution in [3.63, 3.8) is 0 Å². The lowest BCUT2D eigenvalue weighted by Gasteiger charge is -2.22. The summed E-state index contributed by atoms with van der Waals surface area (Å²) in [6.45, 7) is 5.80. The number of ether oxygens (including phenoxy) is 1. The number of nitrogens with one attached hydrogen (secondary N) is 1. The van der Waals surface area contributed by atoms with Crippen LogP contribution in [0.4, 0.5) is 4.79 Å². The lowest BCUT2D eigenvalue weighted by atomic mass is 10.0. The van der Waals surface area contributed by atoms with Crippen LogP contribution in [0, 0.1) is 11.8 Å². The molecule has 0 aromatic carbocycles. The van der Waals surface area contributed by atoms with Gasteiger partial charge in [0.25, 0.3) is 0 Å². The zero-order valence-electron chi connectivity index (χ0n) is 11.9. The molecular weight excluding hydrogens is 248 g/mol. The number of methoxy groups -OCH3 is 1. The van der Waals surface area contributed by atoms with E-state index in [1.54, 1.807) is 12.0 Å². The standard InChI is InChI=1S/C13H24N2O4/c1-9(2)6-11(12(16)17)14-13(18)15-5-4-10(7-15)8-19-3/h9-11H,4-8H2,1-3H3,(H,14,18)(H,16,17)/t10?,11-/m0/s1. The van der Waals surface area contributed by atoms with Crippen LogP contribution in [0.15, 0.2) is 0 Å². The largest absolute Gasteiger partial charge is 0.480 e. The molecule has 0 radical (unpaired) electrons. The number of carboxylic acid groups (broad SMARTS) is 1. The van der Waals surface area contributed by atoms with E-state index in [4.69, 9.17) is 9.84 Å². The number of hydrogen-bond donors (Lipinski definition) is 2. The second-order valence-electron chi connectivity index (χ2n) is 5.53. The monoisotopic (exact) mass is 272 g/mol. The Morgan fingerprint density at radius 1 is 1.47 bits per heavy atom. The molecule has 2 amide bonds. The van der Waals surface area contributed by atoms with Crippen molar-refractivity contribution < 1.29 is 19.4 Å². The molecule has 110 valence electrons. The number of urea groups is 1. The highest BCUT2D eigenvalue weighted by Gasteiger charge is 2.29. The number of hydrogen-bond acceptors (Lipinski definition) is 3. The lowest BCUT2D eigenvalue weighted by molar-refractivity contribution is -0.139. The Labute approximate surface area is 114 Å². The molecule has 2 N–H and O–H groups in total. The first-order valence-corrected chi connectivity index (χ1v) is 6.71. The molecular formula is C13H24N2O4. The highest BCUT2D eigenvalue weighted by Crippen LogP contribution is 2.16. The molecule has 1 saturated heterocycles. The summed E-state index contributed by atoms with van der Waals surface area (Å²) in [6, 6.07) is -1.10. The first kappa shape index (κ1) is 15.8. The number of carboxylic acids is 1. The molecule has 1 rings (SSSR count). The van der Waals surface area contributed by atoms with E-state index in [2.05, 4.69) is 5.32 Å². The molecule has 0 aliphatic carbocycles. The molecule has 6 nitrogen and oxygen atoms in total. The summed E-state index contributed by atoms with van der Waals surface area (Å²) in [5.41, 5.74) is 0. The van der Waals surface area contributed by atoms with Gasteiger partial charge in [-0.3, -0.25) is 0 Å². The molecule has 1 fully saturated rings. The SMILES string of the molecule is COCC1CCN(C(=O)N[C@@H](CC(C)C)C(=O)O)C1. The molecule has 6 heteroatoms. The fourth-order valence-electron chi connectivity index (χ4n) is 2.32. The molecule has 0 bridgehead atoms. The number of aliphatic carboxylic acids is 1. The summed E-state index contributed by atoms with van der Waals surface area (Å²) in [6.07, 6.45) is 1.35. The summed E-state index contributed by atoms with van der Waals surface area (Å²) < 4.78 is 5.07. The second-order valence-corrected chi connectivity index (χ2v) is 5.53. The molecule has 0 aromatic rings. The third-order valence-corrected chi connectivity index (χ3v) is 3.28. The maximum absolute atomic E-state index is 12.0. The van der Waals surface area contributed by atoms with Gasteiger partial charge in [0, 0.05) is 26.1 Å². The van der Waals surface area contributed by atoms with E-state index >= 15 is 0 Å². The van der Waals surface area contributed by atoms with Crippen LogP contribution in [0.1, 0.15) is 26.7 Å². The van der Waals surface area contributed by atoms with Crippen LogP contribution in [0.2, 0.25) is 0 Å². The van der Waals surface area contributed by atoms with Crippen LogP contribution in [-0.4, -0.2) is 54.9 Å². The summed E-state index contributed by atoms with van der Waals surface area (Å²) in [5, 5.41) is 11.7.